The summed E-state index contributed by atoms with van der Waals surface area (Å²) >= 11 is 0. The Hall–Kier alpha value is -1.02. The van der Waals surface area contributed by atoms with Gasteiger partial charge in [-0.05, 0) is 56.2 Å². The summed E-state index contributed by atoms with van der Waals surface area (Å²) in [5.41, 5.74) is 4.43. The summed E-state index contributed by atoms with van der Waals surface area (Å²) in [7, 11) is 1.76. The van der Waals surface area contributed by atoms with Crippen LogP contribution in [0.5, 0.6) is 0 Å². The molecule has 2 heteroatoms. The minimum atomic E-state index is 0.475. The summed E-state index contributed by atoms with van der Waals surface area (Å²) in [5.74, 6) is 0. The van der Waals surface area contributed by atoms with E-state index >= 15 is 0 Å². The molecular formula is C15H23NO. The van der Waals surface area contributed by atoms with Crippen molar-refractivity contribution in [2.24, 2.45) is 0 Å². The Morgan fingerprint density at radius 2 is 2.12 bits per heavy atom. The molecular weight excluding hydrogens is 210 g/mol. The number of hydrogen-bond donors (Lipinski definition) is 1. The van der Waals surface area contributed by atoms with E-state index in [0.29, 0.717) is 6.04 Å². The molecule has 1 atom stereocenters. The van der Waals surface area contributed by atoms with Gasteiger partial charge in [0, 0.05) is 25.4 Å². The molecule has 0 aliphatic heterocycles. The second-order valence-corrected chi connectivity index (χ2v) is 4.98. The molecule has 0 bridgehead atoms. The van der Waals surface area contributed by atoms with Gasteiger partial charge < -0.3 is 10.1 Å². The minimum absolute atomic E-state index is 0.475. The van der Waals surface area contributed by atoms with Crippen LogP contribution >= 0.6 is 0 Å². The molecule has 0 spiro atoms. The molecule has 0 radical (unpaired) electrons. The maximum absolute atomic E-state index is 5.12. The van der Waals surface area contributed by atoms with Gasteiger partial charge in [0.2, 0.25) is 0 Å². The van der Waals surface area contributed by atoms with Crippen LogP contribution in [-0.4, -0.2) is 19.8 Å². The number of aryl methyl sites for hydroxylation is 1. The highest BCUT2D eigenvalue weighted by Gasteiger charge is 2.13. The number of methoxy groups -OCH3 is 1. The molecule has 0 heterocycles. The van der Waals surface area contributed by atoms with Crippen molar-refractivity contribution in [3.05, 3.63) is 29.3 Å². The second-order valence-electron chi connectivity index (χ2n) is 4.98. The Bertz CT molecular complexity index is 362. The lowest BCUT2D eigenvalue weighted by Crippen LogP contribution is -2.19. The van der Waals surface area contributed by atoms with Crippen LogP contribution in [0, 0.1) is 0 Å². The highest BCUT2D eigenvalue weighted by Crippen LogP contribution is 2.28. The number of nitrogens with one attached hydrogen (secondary N) is 1. The Morgan fingerprint density at radius 3 is 2.94 bits per heavy atom. The number of fused-ring (bicyclic) bond motifs is 1. The Balaban J connectivity index is 2.05. The van der Waals surface area contributed by atoms with Gasteiger partial charge >= 0.3 is 0 Å². The van der Waals surface area contributed by atoms with Crippen LogP contribution in [0.15, 0.2) is 18.2 Å². The summed E-state index contributed by atoms with van der Waals surface area (Å²) in [6.07, 6.45) is 6.21. The van der Waals surface area contributed by atoms with Crippen molar-refractivity contribution in [2.75, 3.05) is 19.0 Å². The standard InChI is InChI=1S/C15H23NO/c1-12(10-11-17-2)16-15-9-5-7-13-6-3-4-8-14(13)15/h5,7,9,12,16H,3-4,6,8,10-11H2,1-2H3. The van der Waals surface area contributed by atoms with Crippen LogP contribution in [0.25, 0.3) is 0 Å². The van der Waals surface area contributed by atoms with Gasteiger partial charge in [-0.1, -0.05) is 12.1 Å². The molecule has 0 saturated carbocycles. The fourth-order valence-corrected chi connectivity index (χ4v) is 2.55. The fourth-order valence-electron chi connectivity index (χ4n) is 2.55. The van der Waals surface area contributed by atoms with Gasteiger partial charge in [-0.3, -0.25) is 0 Å². The summed E-state index contributed by atoms with van der Waals surface area (Å²) < 4.78 is 5.12. The molecule has 0 aromatic heterocycles. The summed E-state index contributed by atoms with van der Waals surface area (Å²) in [6.45, 7) is 3.05. The lowest BCUT2D eigenvalue weighted by molar-refractivity contribution is 0.191. The van der Waals surface area contributed by atoms with Crippen molar-refractivity contribution in [2.45, 2.75) is 45.1 Å². The third-order valence-electron chi connectivity index (χ3n) is 3.55. The predicted octanol–water partition coefficient (Wildman–Crippen LogP) is 3.40. The van der Waals surface area contributed by atoms with Crippen molar-refractivity contribution < 1.29 is 4.74 Å². The van der Waals surface area contributed by atoms with Gasteiger partial charge in [0.05, 0.1) is 0 Å². The van der Waals surface area contributed by atoms with Gasteiger partial charge in [-0.25, -0.2) is 0 Å². The maximum Gasteiger partial charge on any atom is 0.0481 e. The van der Waals surface area contributed by atoms with Crippen LogP contribution in [0.4, 0.5) is 5.69 Å². The normalized spacial score (nSPS) is 16.4. The molecule has 1 N–H and O–H groups in total. The molecule has 0 fully saturated rings. The number of benzene rings is 1. The van der Waals surface area contributed by atoms with Crippen molar-refractivity contribution in [1.29, 1.82) is 0 Å². The molecule has 2 nitrogen and oxygen atoms in total. The van der Waals surface area contributed by atoms with E-state index in [-0.39, 0.29) is 0 Å². The third kappa shape index (κ3) is 3.22. The molecule has 2 rings (SSSR count). The lowest BCUT2D eigenvalue weighted by atomic mass is 9.90. The monoisotopic (exact) mass is 233 g/mol. The molecule has 1 aromatic rings. The smallest absolute Gasteiger partial charge is 0.0481 e. The molecule has 1 unspecified atom stereocenters. The zero-order chi connectivity index (χ0) is 12.1. The SMILES string of the molecule is COCCC(C)Nc1cccc2c1CCCC2. The van der Waals surface area contributed by atoms with Crippen molar-refractivity contribution in [3.63, 3.8) is 0 Å². The molecule has 17 heavy (non-hydrogen) atoms. The summed E-state index contributed by atoms with van der Waals surface area (Å²) in [6, 6.07) is 7.14. The molecule has 94 valence electrons. The Labute approximate surface area is 104 Å². The van der Waals surface area contributed by atoms with Gasteiger partial charge in [-0.2, -0.15) is 0 Å². The fraction of sp³-hybridized carbons (Fsp3) is 0.600. The first kappa shape index (κ1) is 12.4. The van der Waals surface area contributed by atoms with Crippen LogP contribution in [-0.2, 0) is 17.6 Å². The van der Waals surface area contributed by atoms with E-state index < -0.39 is 0 Å². The van der Waals surface area contributed by atoms with E-state index in [4.69, 9.17) is 4.74 Å². The third-order valence-corrected chi connectivity index (χ3v) is 3.55. The van der Waals surface area contributed by atoms with Crippen molar-refractivity contribution >= 4 is 5.69 Å². The molecule has 1 aliphatic rings. The zero-order valence-electron chi connectivity index (χ0n) is 11.0. The van der Waals surface area contributed by atoms with Gasteiger partial charge in [0.25, 0.3) is 0 Å². The minimum Gasteiger partial charge on any atom is -0.385 e. The highest BCUT2D eigenvalue weighted by atomic mass is 16.5. The number of ether oxygens (including phenoxy) is 1. The van der Waals surface area contributed by atoms with Gasteiger partial charge in [-0.15, -0.1) is 0 Å². The second kappa shape index (κ2) is 6.06. The van der Waals surface area contributed by atoms with Crippen molar-refractivity contribution in [3.8, 4) is 0 Å². The largest absolute Gasteiger partial charge is 0.385 e. The predicted molar refractivity (Wildman–Crippen MR) is 72.7 cm³/mol. The lowest BCUT2D eigenvalue weighted by Gasteiger charge is -2.23. The van der Waals surface area contributed by atoms with Crippen LogP contribution < -0.4 is 5.32 Å². The van der Waals surface area contributed by atoms with E-state index in [2.05, 4.69) is 30.4 Å². The Kier molecular flexibility index (Phi) is 4.43. The van der Waals surface area contributed by atoms with E-state index in [0.717, 1.165) is 13.0 Å². The van der Waals surface area contributed by atoms with Crippen LogP contribution in [0.1, 0.15) is 37.3 Å². The summed E-state index contributed by atoms with van der Waals surface area (Å²) in [5, 5.41) is 3.62. The van der Waals surface area contributed by atoms with E-state index in [9.17, 15) is 0 Å². The molecule has 1 aliphatic carbocycles. The van der Waals surface area contributed by atoms with E-state index in [1.165, 1.54) is 31.4 Å². The summed E-state index contributed by atoms with van der Waals surface area (Å²) in [4.78, 5) is 0. The average molecular weight is 233 g/mol. The molecule has 1 aromatic carbocycles. The van der Waals surface area contributed by atoms with Gasteiger partial charge in [0.1, 0.15) is 0 Å². The van der Waals surface area contributed by atoms with Gasteiger partial charge in [0.15, 0.2) is 0 Å². The van der Waals surface area contributed by atoms with Crippen LogP contribution in [0.2, 0.25) is 0 Å². The quantitative estimate of drug-likeness (QED) is 0.841. The highest BCUT2D eigenvalue weighted by molar-refractivity contribution is 5.56. The van der Waals surface area contributed by atoms with E-state index in [1.807, 2.05) is 0 Å². The first-order chi connectivity index (χ1) is 8.31. The molecule has 0 saturated heterocycles. The number of hydrogen-bond acceptors (Lipinski definition) is 2. The average Bonchev–Trinajstić information content (AvgIpc) is 2.37. The first-order valence-corrected chi connectivity index (χ1v) is 6.67. The zero-order valence-corrected chi connectivity index (χ0v) is 11.0. The molecule has 0 amide bonds. The van der Waals surface area contributed by atoms with Crippen LogP contribution in [0.3, 0.4) is 0 Å². The van der Waals surface area contributed by atoms with Crippen molar-refractivity contribution in [1.82, 2.24) is 0 Å². The number of anilines is 1. The van der Waals surface area contributed by atoms with E-state index in [1.54, 1.807) is 18.2 Å². The Morgan fingerprint density at radius 1 is 1.29 bits per heavy atom. The topological polar surface area (TPSA) is 21.3 Å². The number of rotatable bonds is 5. The maximum atomic E-state index is 5.12. The first-order valence-electron chi connectivity index (χ1n) is 6.67.